The van der Waals surface area contributed by atoms with Crippen molar-refractivity contribution in [1.29, 1.82) is 0 Å². The van der Waals surface area contributed by atoms with Crippen molar-refractivity contribution in [2.75, 3.05) is 13.6 Å². The van der Waals surface area contributed by atoms with Gasteiger partial charge in [-0.15, -0.1) is 11.8 Å². The number of carbonyl (C=O) groups is 1. The summed E-state index contributed by atoms with van der Waals surface area (Å²) in [5, 5.41) is 0. The van der Waals surface area contributed by atoms with Crippen molar-refractivity contribution in [2.24, 2.45) is 0 Å². The van der Waals surface area contributed by atoms with Crippen molar-refractivity contribution >= 4 is 23.3 Å². The normalized spacial score (nSPS) is 11.0. The second-order valence-electron chi connectivity index (χ2n) is 7.30. The molecule has 2 aromatic carbocycles. The molecule has 4 nitrogen and oxygen atoms in total. The van der Waals surface area contributed by atoms with Gasteiger partial charge in [-0.3, -0.25) is 4.79 Å². The standard InChI is InChI=1S/C25H25N3OS/c1-27(16-9-12-20-10-3-2-4-11-20)25(29)22-13-5-6-14-23(22)30-19-21-18-28-17-8-7-15-24(28)26-21/h2-8,10-11,13-15,17-18H,9,12,16,19H2,1H3. The van der Waals surface area contributed by atoms with Crippen LogP contribution in [-0.2, 0) is 12.2 Å². The Balaban J connectivity index is 1.38. The molecule has 5 heteroatoms. The molecule has 2 aromatic heterocycles. The minimum absolute atomic E-state index is 0.0705. The van der Waals surface area contributed by atoms with E-state index in [4.69, 9.17) is 0 Å². The van der Waals surface area contributed by atoms with Gasteiger partial charge in [-0.25, -0.2) is 4.98 Å². The Hall–Kier alpha value is -3.05. The van der Waals surface area contributed by atoms with Crippen LogP contribution in [0.15, 0.2) is 90.1 Å². The number of aryl methyl sites for hydroxylation is 1. The number of carbonyl (C=O) groups excluding carboxylic acids is 1. The Bertz CT molecular complexity index is 1090. The minimum atomic E-state index is 0.0705. The van der Waals surface area contributed by atoms with Crippen LogP contribution in [0.3, 0.4) is 0 Å². The topological polar surface area (TPSA) is 37.6 Å². The zero-order valence-corrected chi connectivity index (χ0v) is 17.9. The van der Waals surface area contributed by atoms with Crippen LogP contribution >= 0.6 is 11.8 Å². The van der Waals surface area contributed by atoms with Crippen LogP contribution < -0.4 is 0 Å². The molecule has 0 bridgehead atoms. The summed E-state index contributed by atoms with van der Waals surface area (Å²) in [6, 6.07) is 24.2. The van der Waals surface area contributed by atoms with Crippen LogP contribution in [0, 0.1) is 0 Å². The average Bonchev–Trinajstić information content (AvgIpc) is 3.21. The molecule has 0 fully saturated rings. The summed E-state index contributed by atoms with van der Waals surface area (Å²) in [4.78, 5) is 20.5. The Morgan fingerprint density at radius 1 is 1.00 bits per heavy atom. The summed E-state index contributed by atoms with van der Waals surface area (Å²) in [7, 11) is 1.89. The van der Waals surface area contributed by atoms with Crippen molar-refractivity contribution in [3.05, 3.63) is 102 Å². The third-order valence-electron chi connectivity index (χ3n) is 5.06. The number of nitrogens with zero attached hydrogens (tertiary/aromatic N) is 3. The maximum atomic E-state index is 13.1. The highest BCUT2D eigenvalue weighted by Gasteiger charge is 2.16. The largest absolute Gasteiger partial charge is 0.342 e. The van der Waals surface area contributed by atoms with Gasteiger partial charge in [0.1, 0.15) is 5.65 Å². The van der Waals surface area contributed by atoms with E-state index >= 15 is 0 Å². The zero-order chi connectivity index (χ0) is 20.8. The summed E-state index contributed by atoms with van der Waals surface area (Å²) in [6.45, 7) is 0.735. The lowest BCUT2D eigenvalue weighted by Gasteiger charge is -2.19. The minimum Gasteiger partial charge on any atom is -0.342 e. The number of thioether (sulfide) groups is 1. The van der Waals surface area contributed by atoms with Gasteiger partial charge in [0.15, 0.2) is 0 Å². The first-order chi connectivity index (χ1) is 14.7. The quantitative estimate of drug-likeness (QED) is 0.365. The van der Waals surface area contributed by atoms with Crippen LogP contribution in [-0.4, -0.2) is 33.8 Å². The summed E-state index contributed by atoms with van der Waals surface area (Å²) in [6.07, 6.45) is 5.96. The molecule has 0 aliphatic heterocycles. The summed E-state index contributed by atoms with van der Waals surface area (Å²) in [5.74, 6) is 0.796. The molecule has 1 amide bonds. The van der Waals surface area contributed by atoms with E-state index in [1.165, 1.54) is 5.56 Å². The molecule has 0 unspecified atom stereocenters. The van der Waals surface area contributed by atoms with Crippen LogP contribution in [0.25, 0.3) is 5.65 Å². The molecule has 30 heavy (non-hydrogen) atoms. The molecule has 0 spiro atoms. The Morgan fingerprint density at radius 2 is 1.77 bits per heavy atom. The van der Waals surface area contributed by atoms with E-state index in [9.17, 15) is 4.79 Å². The van der Waals surface area contributed by atoms with E-state index < -0.39 is 0 Å². The maximum Gasteiger partial charge on any atom is 0.254 e. The van der Waals surface area contributed by atoms with Crippen LogP contribution in [0.5, 0.6) is 0 Å². The lowest BCUT2D eigenvalue weighted by Crippen LogP contribution is -2.28. The summed E-state index contributed by atoms with van der Waals surface area (Å²) < 4.78 is 2.02. The lowest BCUT2D eigenvalue weighted by atomic mass is 10.1. The fourth-order valence-electron chi connectivity index (χ4n) is 3.45. The third kappa shape index (κ3) is 4.92. The molecule has 0 aliphatic rings. The van der Waals surface area contributed by atoms with Crippen molar-refractivity contribution in [2.45, 2.75) is 23.5 Å². The number of imidazole rings is 1. The Kier molecular flexibility index (Phi) is 6.50. The van der Waals surface area contributed by atoms with E-state index in [1.54, 1.807) is 11.8 Å². The van der Waals surface area contributed by atoms with Crippen LogP contribution in [0.2, 0.25) is 0 Å². The Morgan fingerprint density at radius 3 is 2.60 bits per heavy atom. The van der Waals surface area contributed by atoms with Crippen molar-refractivity contribution in [3.8, 4) is 0 Å². The highest BCUT2D eigenvalue weighted by molar-refractivity contribution is 7.98. The number of rotatable bonds is 8. The van der Waals surface area contributed by atoms with Gasteiger partial charge in [0.25, 0.3) is 5.91 Å². The number of amides is 1. The fraction of sp³-hybridized carbons (Fsp3) is 0.200. The maximum absolute atomic E-state index is 13.1. The highest BCUT2D eigenvalue weighted by Crippen LogP contribution is 2.27. The smallest absolute Gasteiger partial charge is 0.254 e. The van der Waals surface area contributed by atoms with E-state index in [-0.39, 0.29) is 5.91 Å². The average molecular weight is 416 g/mol. The number of aromatic nitrogens is 2. The summed E-state index contributed by atoms with van der Waals surface area (Å²) >= 11 is 1.66. The van der Waals surface area contributed by atoms with E-state index in [1.807, 2.05) is 77.3 Å². The van der Waals surface area contributed by atoms with Gasteiger partial charge in [-0.2, -0.15) is 0 Å². The van der Waals surface area contributed by atoms with Gasteiger partial charge in [-0.05, 0) is 42.7 Å². The summed E-state index contributed by atoms with van der Waals surface area (Å²) in [5.41, 5.74) is 4.01. The van der Waals surface area contributed by atoms with Crippen molar-refractivity contribution < 1.29 is 4.79 Å². The SMILES string of the molecule is CN(CCCc1ccccc1)C(=O)c1ccccc1SCc1cn2ccccc2n1. The third-order valence-corrected chi connectivity index (χ3v) is 6.16. The second-order valence-corrected chi connectivity index (χ2v) is 8.32. The van der Waals surface area contributed by atoms with E-state index in [0.29, 0.717) is 0 Å². The second kappa shape index (κ2) is 9.63. The number of benzene rings is 2. The van der Waals surface area contributed by atoms with Gasteiger partial charge < -0.3 is 9.30 Å². The molecule has 0 radical (unpaired) electrons. The molecule has 4 rings (SSSR count). The van der Waals surface area contributed by atoms with Gasteiger partial charge in [-0.1, -0.05) is 48.5 Å². The van der Waals surface area contributed by atoms with E-state index in [2.05, 4.69) is 29.2 Å². The number of pyridine rings is 1. The molecule has 2 heterocycles. The first-order valence-electron chi connectivity index (χ1n) is 10.1. The number of fused-ring (bicyclic) bond motifs is 1. The number of hydrogen-bond acceptors (Lipinski definition) is 3. The van der Waals surface area contributed by atoms with Crippen LogP contribution in [0.1, 0.15) is 28.0 Å². The fourth-order valence-corrected chi connectivity index (χ4v) is 4.38. The lowest BCUT2D eigenvalue weighted by molar-refractivity contribution is 0.0790. The number of hydrogen-bond donors (Lipinski definition) is 0. The molecule has 0 aliphatic carbocycles. The molecule has 0 saturated heterocycles. The molecular weight excluding hydrogens is 390 g/mol. The van der Waals surface area contributed by atoms with Gasteiger partial charge in [0.05, 0.1) is 11.3 Å². The predicted octanol–water partition coefficient (Wildman–Crippen LogP) is 5.33. The molecule has 4 aromatic rings. The van der Waals surface area contributed by atoms with E-state index in [0.717, 1.165) is 46.9 Å². The molecule has 0 atom stereocenters. The molecule has 0 N–H and O–H groups in total. The first-order valence-corrected chi connectivity index (χ1v) is 11.1. The molecule has 152 valence electrons. The van der Waals surface area contributed by atoms with Gasteiger partial charge in [0.2, 0.25) is 0 Å². The van der Waals surface area contributed by atoms with Crippen molar-refractivity contribution in [3.63, 3.8) is 0 Å². The molecule has 0 saturated carbocycles. The van der Waals surface area contributed by atoms with Crippen molar-refractivity contribution in [1.82, 2.24) is 14.3 Å². The highest BCUT2D eigenvalue weighted by atomic mass is 32.2. The monoisotopic (exact) mass is 415 g/mol. The van der Waals surface area contributed by atoms with Crippen LogP contribution in [0.4, 0.5) is 0 Å². The van der Waals surface area contributed by atoms with Gasteiger partial charge >= 0.3 is 0 Å². The first kappa shape index (κ1) is 20.2. The zero-order valence-electron chi connectivity index (χ0n) is 17.1. The molecular formula is C25H25N3OS. The van der Waals surface area contributed by atoms with Gasteiger partial charge in [0, 0.05) is 36.6 Å². The predicted molar refractivity (Wildman–Crippen MR) is 123 cm³/mol. The Labute approximate surface area is 181 Å².